The number of amides is 1. The number of carbonyl (C=O) groups is 1. The lowest BCUT2D eigenvalue weighted by Gasteiger charge is -2.00. The van der Waals surface area contributed by atoms with E-state index < -0.39 is 4.92 Å². The van der Waals surface area contributed by atoms with Crippen LogP contribution in [0.3, 0.4) is 0 Å². The molecular weight excluding hydrogens is 406 g/mol. The quantitative estimate of drug-likeness (QED) is 0.280. The predicted molar refractivity (Wildman–Crippen MR) is 115 cm³/mol. The lowest BCUT2D eigenvalue weighted by molar-refractivity contribution is -0.384. The number of hydrazone groups is 1. The number of aromatic nitrogens is 2. The van der Waals surface area contributed by atoms with Crippen LogP contribution in [-0.4, -0.2) is 27.0 Å². The van der Waals surface area contributed by atoms with E-state index in [0.717, 1.165) is 5.56 Å². The number of hydrogen-bond donors (Lipinski definition) is 2. The summed E-state index contributed by atoms with van der Waals surface area (Å²) in [6.07, 6.45) is 1.52. The van der Waals surface area contributed by atoms with Crippen LogP contribution in [0.5, 0.6) is 0 Å². The van der Waals surface area contributed by atoms with Gasteiger partial charge < -0.3 is 4.98 Å². The fourth-order valence-electron chi connectivity index (χ4n) is 2.81. The van der Waals surface area contributed by atoms with Crippen molar-refractivity contribution in [3.63, 3.8) is 0 Å². The smallest absolute Gasteiger partial charge is 0.271 e. The summed E-state index contributed by atoms with van der Waals surface area (Å²) in [7, 11) is 0. The number of nitro benzene ring substituents is 1. The van der Waals surface area contributed by atoms with Gasteiger partial charge in [0.1, 0.15) is 5.82 Å². The molecule has 0 bridgehead atoms. The number of nitrogens with zero attached hydrogens (tertiary/aromatic N) is 3. The van der Waals surface area contributed by atoms with Crippen LogP contribution in [0.15, 0.2) is 71.8 Å². The molecule has 0 fully saturated rings. The van der Waals surface area contributed by atoms with Crippen LogP contribution >= 0.6 is 11.6 Å². The summed E-state index contributed by atoms with van der Waals surface area (Å²) in [6, 6.07) is 18.2. The Balaban J connectivity index is 1.50. The highest BCUT2D eigenvalue weighted by atomic mass is 35.5. The van der Waals surface area contributed by atoms with Gasteiger partial charge in [0.25, 0.3) is 11.6 Å². The second-order valence-corrected chi connectivity index (χ2v) is 6.81. The Kier molecular flexibility index (Phi) is 5.23. The number of aromatic amines is 1. The van der Waals surface area contributed by atoms with Crippen molar-refractivity contribution in [1.82, 2.24) is 15.4 Å². The second-order valence-electron chi connectivity index (χ2n) is 6.37. The molecule has 0 radical (unpaired) electrons. The third kappa shape index (κ3) is 4.18. The Bertz CT molecular complexity index is 1260. The standard InChI is InChI=1S/C21H14ClN5O3/c22-16-6-1-13(2-7-16)12-23-26-21(28)15-5-10-18-19(11-15)25-20(24-18)14-3-8-17(9-4-14)27(29)30/h1-12H,(H,24,25)(H,26,28). The number of carbonyl (C=O) groups excluding carboxylic acids is 1. The summed E-state index contributed by atoms with van der Waals surface area (Å²) in [5, 5.41) is 15.4. The molecule has 4 aromatic rings. The summed E-state index contributed by atoms with van der Waals surface area (Å²) in [4.78, 5) is 30.3. The monoisotopic (exact) mass is 419 g/mol. The van der Waals surface area contributed by atoms with Crippen LogP contribution in [0, 0.1) is 10.1 Å². The van der Waals surface area contributed by atoms with E-state index in [-0.39, 0.29) is 11.6 Å². The minimum atomic E-state index is -0.456. The average molecular weight is 420 g/mol. The molecule has 0 saturated carbocycles. The van der Waals surface area contributed by atoms with Crippen LogP contribution < -0.4 is 5.43 Å². The zero-order valence-electron chi connectivity index (χ0n) is 15.4. The highest BCUT2D eigenvalue weighted by Gasteiger charge is 2.11. The topological polar surface area (TPSA) is 113 Å². The maximum Gasteiger partial charge on any atom is 0.271 e. The van der Waals surface area contributed by atoms with E-state index in [1.54, 1.807) is 54.6 Å². The van der Waals surface area contributed by atoms with Gasteiger partial charge in [-0.05, 0) is 48.0 Å². The first kappa shape index (κ1) is 19.3. The van der Waals surface area contributed by atoms with Gasteiger partial charge in [0.2, 0.25) is 0 Å². The summed E-state index contributed by atoms with van der Waals surface area (Å²) >= 11 is 5.83. The van der Waals surface area contributed by atoms with E-state index in [4.69, 9.17) is 11.6 Å². The van der Waals surface area contributed by atoms with Crippen molar-refractivity contribution in [3.05, 3.63) is 93.0 Å². The number of hydrogen-bond acceptors (Lipinski definition) is 5. The molecule has 9 heteroatoms. The molecule has 30 heavy (non-hydrogen) atoms. The summed E-state index contributed by atoms with van der Waals surface area (Å²) in [5.74, 6) is 0.187. The highest BCUT2D eigenvalue weighted by Crippen LogP contribution is 2.23. The minimum absolute atomic E-state index is 0.00738. The number of nitrogens with one attached hydrogen (secondary N) is 2. The molecule has 8 nitrogen and oxygen atoms in total. The van der Waals surface area contributed by atoms with Crippen LogP contribution in [0.25, 0.3) is 22.4 Å². The molecule has 1 aromatic heterocycles. The maximum absolute atomic E-state index is 12.4. The SMILES string of the molecule is O=C(NN=Cc1ccc(Cl)cc1)c1ccc2nc(-c3ccc([N+](=O)[O-])cc3)[nH]c2c1. The third-order valence-corrected chi connectivity index (χ3v) is 4.60. The molecule has 3 aromatic carbocycles. The molecule has 0 spiro atoms. The fourth-order valence-corrected chi connectivity index (χ4v) is 2.93. The Hall–Kier alpha value is -4.04. The zero-order valence-corrected chi connectivity index (χ0v) is 16.1. The molecule has 2 N–H and O–H groups in total. The lowest BCUT2D eigenvalue weighted by Crippen LogP contribution is -2.17. The highest BCUT2D eigenvalue weighted by molar-refractivity contribution is 6.30. The minimum Gasteiger partial charge on any atom is -0.338 e. The normalized spacial score (nSPS) is 11.1. The first-order valence-electron chi connectivity index (χ1n) is 8.83. The van der Waals surface area contributed by atoms with Gasteiger partial charge in [-0.15, -0.1) is 0 Å². The molecule has 4 rings (SSSR count). The van der Waals surface area contributed by atoms with E-state index >= 15 is 0 Å². The number of benzene rings is 3. The van der Waals surface area contributed by atoms with Gasteiger partial charge in [-0.1, -0.05) is 23.7 Å². The molecule has 1 amide bonds. The maximum atomic E-state index is 12.4. The van der Waals surface area contributed by atoms with Gasteiger partial charge >= 0.3 is 0 Å². The molecule has 0 aliphatic carbocycles. The van der Waals surface area contributed by atoms with Crippen molar-refractivity contribution in [2.24, 2.45) is 5.10 Å². The van der Waals surface area contributed by atoms with E-state index in [2.05, 4.69) is 20.5 Å². The first-order valence-corrected chi connectivity index (χ1v) is 9.21. The van der Waals surface area contributed by atoms with E-state index in [0.29, 0.717) is 33.0 Å². The molecule has 1 heterocycles. The molecule has 0 unspecified atom stereocenters. The van der Waals surface area contributed by atoms with Gasteiger partial charge in [0.15, 0.2) is 0 Å². The largest absolute Gasteiger partial charge is 0.338 e. The molecule has 0 saturated heterocycles. The summed E-state index contributed by atoms with van der Waals surface area (Å²) in [5.41, 5.74) is 5.74. The van der Waals surface area contributed by atoms with Crippen molar-refractivity contribution in [3.8, 4) is 11.4 Å². The molecule has 0 atom stereocenters. The third-order valence-electron chi connectivity index (χ3n) is 4.35. The lowest BCUT2D eigenvalue weighted by atomic mass is 10.2. The number of nitro groups is 1. The summed E-state index contributed by atoms with van der Waals surface area (Å²) < 4.78 is 0. The van der Waals surface area contributed by atoms with E-state index in [9.17, 15) is 14.9 Å². The van der Waals surface area contributed by atoms with Crippen molar-refractivity contribution in [2.45, 2.75) is 0 Å². The number of imidazole rings is 1. The summed E-state index contributed by atoms with van der Waals surface area (Å²) in [6.45, 7) is 0. The molecule has 0 aliphatic rings. The molecule has 148 valence electrons. The van der Waals surface area contributed by atoms with Crippen molar-refractivity contribution in [1.29, 1.82) is 0 Å². The fraction of sp³-hybridized carbons (Fsp3) is 0. The first-order chi connectivity index (χ1) is 14.5. The molecular formula is C21H14ClN5O3. The van der Waals surface area contributed by atoms with Crippen LogP contribution in [-0.2, 0) is 0 Å². The van der Waals surface area contributed by atoms with Crippen molar-refractivity contribution in [2.75, 3.05) is 0 Å². The van der Waals surface area contributed by atoms with Crippen molar-refractivity contribution >= 4 is 40.4 Å². The second kappa shape index (κ2) is 8.14. The van der Waals surface area contributed by atoms with Gasteiger partial charge in [0.05, 0.1) is 22.2 Å². The van der Waals surface area contributed by atoms with Gasteiger partial charge in [-0.2, -0.15) is 5.10 Å². The van der Waals surface area contributed by atoms with Crippen molar-refractivity contribution < 1.29 is 9.72 Å². The van der Waals surface area contributed by atoms with E-state index in [1.807, 2.05) is 0 Å². The van der Waals surface area contributed by atoms with Gasteiger partial charge in [-0.25, -0.2) is 10.4 Å². The molecule has 0 aliphatic heterocycles. The number of rotatable bonds is 5. The van der Waals surface area contributed by atoms with Gasteiger partial charge in [0, 0.05) is 28.3 Å². The zero-order chi connectivity index (χ0) is 21.1. The Morgan fingerprint density at radius 2 is 1.83 bits per heavy atom. The Morgan fingerprint density at radius 1 is 1.10 bits per heavy atom. The Morgan fingerprint density at radius 3 is 2.53 bits per heavy atom. The number of non-ortho nitro benzene ring substituents is 1. The van der Waals surface area contributed by atoms with Crippen LogP contribution in [0.2, 0.25) is 5.02 Å². The van der Waals surface area contributed by atoms with E-state index in [1.165, 1.54) is 18.3 Å². The average Bonchev–Trinajstić information content (AvgIpc) is 3.18. The van der Waals surface area contributed by atoms with Crippen LogP contribution in [0.4, 0.5) is 5.69 Å². The number of halogens is 1. The number of H-pyrrole nitrogens is 1. The predicted octanol–water partition coefficient (Wildman–Crippen LogP) is 4.56. The van der Waals surface area contributed by atoms with Crippen LogP contribution in [0.1, 0.15) is 15.9 Å². The van der Waals surface area contributed by atoms with Gasteiger partial charge in [-0.3, -0.25) is 14.9 Å². The Labute approximate surface area is 175 Å². The number of fused-ring (bicyclic) bond motifs is 1.